The Morgan fingerprint density at radius 3 is 2.48 bits per heavy atom. The van der Waals surface area contributed by atoms with E-state index < -0.39 is 0 Å². The van der Waals surface area contributed by atoms with Gasteiger partial charge in [-0.15, -0.1) is 0 Å². The minimum atomic E-state index is 0.0401. The summed E-state index contributed by atoms with van der Waals surface area (Å²) in [5.41, 5.74) is 0.619. The molecule has 0 unspecified atom stereocenters. The molecule has 2 aromatic rings. The summed E-state index contributed by atoms with van der Waals surface area (Å²) >= 11 is 0. The third-order valence-corrected chi connectivity index (χ3v) is 5.23. The lowest BCUT2D eigenvalue weighted by atomic mass is 10.1. The normalized spacial score (nSPS) is 20.6. The highest BCUT2D eigenvalue weighted by Gasteiger charge is 2.26. The SMILES string of the molecule is O=C(c1ccccc1Oc1ccccc1)N1CCN(C[C@H]2CCCO2)CC1. The van der Waals surface area contributed by atoms with Gasteiger partial charge in [-0.05, 0) is 37.1 Å². The van der Waals surface area contributed by atoms with Crippen LogP contribution in [0.5, 0.6) is 11.5 Å². The van der Waals surface area contributed by atoms with Gasteiger partial charge in [0.1, 0.15) is 11.5 Å². The molecule has 1 amide bonds. The van der Waals surface area contributed by atoms with E-state index in [1.807, 2.05) is 59.5 Å². The van der Waals surface area contributed by atoms with E-state index in [0.29, 0.717) is 17.4 Å². The fourth-order valence-corrected chi connectivity index (χ4v) is 3.73. The molecule has 0 aliphatic carbocycles. The molecule has 2 heterocycles. The van der Waals surface area contributed by atoms with Crippen LogP contribution in [-0.2, 0) is 4.74 Å². The van der Waals surface area contributed by atoms with Crippen molar-refractivity contribution in [3.8, 4) is 11.5 Å². The monoisotopic (exact) mass is 366 g/mol. The van der Waals surface area contributed by atoms with Crippen LogP contribution in [0.2, 0.25) is 0 Å². The van der Waals surface area contributed by atoms with Crippen LogP contribution in [-0.4, -0.2) is 61.1 Å². The molecule has 0 N–H and O–H groups in total. The lowest BCUT2D eigenvalue weighted by Crippen LogP contribution is -2.50. The number of nitrogens with zero attached hydrogens (tertiary/aromatic N) is 2. The maximum absolute atomic E-state index is 13.1. The molecule has 4 rings (SSSR count). The van der Waals surface area contributed by atoms with E-state index in [1.54, 1.807) is 0 Å². The van der Waals surface area contributed by atoms with Gasteiger partial charge in [0.25, 0.3) is 5.91 Å². The summed E-state index contributed by atoms with van der Waals surface area (Å²) in [7, 11) is 0. The number of para-hydroxylation sites is 2. The third-order valence-electron chi connectivity index (χ3n) is 5.23. The Morgan fingerprint density at radius 1 is 1.00 bits per heavy atom. The number of amides is 1. The highest BCUT2D eigenvalue weighted by atomic mass is 16.5. The van der Waals surface area contributed by atoms with E-state index >= 15 is 0 Å². The summed E-state index contributed by atoms with van der Waals surface area (Å²) in [5.74, 6) is 1.38. The van der Waals surface area contributed by atoms with Crippen molar-refractivity contribution in [2.45, 2.75) is 18.9 Å². The minimum absolute atomic E-state index is 0.0401. The zero-order chi connectivity index (χ0) is 18.5. The van der Waals surface area contributed by atoms with Gasteiger partial charge in [-0.3, -0.25) is 9.69 Å². The molecule has 142 valence electrons. The van der Waals surface area contributed by atoms with Crippen molar-refractivity contribution in [3.63, 3.8) is 0 Å². The van der Waals surface area contributed by atoms with Crippen molar-refractivity contribution >= 4 is 5.91 Å². The molecule has 2 fully saturated rings. The Balaban J connectivity index is 1.38. The standard InChI is InChI=1S/C22H26N2O3/c25-22(24-14-12-23(13-15-24)17-19-9-6-16-26-19)20-10-4-5-11-21(20)27-18-7-2-1-3-8-18/h1-5,7-8,10-11,19H,6,9,12-17H2/t19-/m1/s1. The number of benzene rings is 2. The molecule has 0 saturated carbocycles. The molecule has 0 aromatic heterocycles. The van der Waals surface area contributed by atoms with E-state index in [0.717, 1.165) is 51.5 Å². The van der Waals surface area contributed by atoms with E-state index in [2.05, 4.69) is 4.90 Å². The van der Waals surface area contributed by atoms with Crippen LogP contribution in [0.3, 0.4) is 0 Å². The van der Waals surface area contributed by atoms with Gasteiger partial charge >= 0.3 is 0 Å². The highest BCUT2D eigenvalue weighted by Crippen LogP contribution is 2.26. The number of carbonyl (C=O) groups is 1. The number of ether oxygens (including phenoxy) is 2. The largest absolute Gasteiger partial charge is 0.457 e. The number of hydrogen-bond donors (Lipinski definition) is 0. The highest BCUT2D eigenvalue weighted by molar-refractivity contribution is 5.97. The Bertz CT molecular complexity index is 751. The van der Waals surface area contributed by atoms with E-state index in [-0.39, 0.29) is 5.91 Å². The van der Waals surface area contributed by atoms with Gasteiger partial charge in [-0.2, -0.15) is 0 Å². The van der Waals surface area contributed by atoms with Crippen molar-refractivity contribution in [2.75, 3.05) is 39.3 Å². The maximum atomic E-state index is 13.1. The van der Waals surface area contributed by atoms with Gasteiger partial charge in [-0.1, -0.05) is 30.3 Å². The van der Waals surface area contributed by atoms with Crippen LogP contribution in [0.4, 0.5) is 0 Å². The average Bonchev–Trinajstić information content (AvgIpc) is 3.22. The predicted octanol–water partition coefficient (Wildman–Crippen LogP) is 3.42. The lowest BCUT2D eigenvalue weighted by Gasteiger charge is -2.35. The Labute approximate surface area is 160 Å². The zero-order valence-corrected chi connectivity index (χ0v) is 15.5. The Kier molecular flexibility index (Phi) is 5.70. The first-order valence-corrected chi connectivity index (χ1v) is 9.75. The van der Waals surface area contributed by atoms with Crippen molar-refractivity contribution in [1.82, 2.24) is 9.80 Å². The number of hydrogen-bond acceptors (Lipinski definition) is 4. The topological polar surface area (TPSA) is 42.0 Å². The Morgan fingerprint density at radius 2 is 1.74 bits per heavy atom. The van der Waals surface area contributed by atoms with Gasteiger partial charge in [0.15, 0.2) is 0 Å². The van der Waals surface area contributed by atoms with Gasteiger partial charge < -0.3 is 14.4 Å². The molecular weight excluding hydrogens is 340 g/mol. The van der Waals surface area contributed by atoms with Gasteiger partial charge in [0, 0.05) is 39.3 Å². The summed E-state index contributed by atoms with van der Waals surface area (Å²) in [6.45, 7) is 5.15. The molecule has 1 atom stereocenters. The van der Waals surface area contributed by atoms with Crippen LogP contribution in [0.1, 0.15) is 23.2 Å². The van der Waals surface area contributed by atoms with Gasteiger partial charge in [0.2, 0.25) is 0 Å². The molecule has 5 nitrogen and oxygen atoms in total. The second-order valence-corrected chi connectivity index (χ2v) is 7.14. The molecule has 27 heavy (non-hydrogen) atoms. The van der Waals surface area contributed by atoms with Gasteiger partial charge in [0.05, 0.1) is 11.7 Å². The summed E-state index contributed by atoms with van der Waals surface area (Å²) in [5, 5.41) is 0. The summed E-state index contributed by atoms with van der Waals surface area (Å²) in [6, 6.07) is 17.1. The first kappa shape index (κ1) is 18.0. The molecule has 2 aromatic carbocycles. The van der Waals surface area contributed by atoms with Crippen molar-refractivity contribution in [3.05, 3.63) is 60.2 Å². The van der Waals surface area contributed by atoms with Crippen molar-refractivity contribution in [1.29, 1.82) is 0 Å². The number of carbonyl (C=O) groups excluding carboxylic acids is 1. The molecule has 0 radical (unpaired) electrons. The summed E-state index contributed by atoms with van der Waals surface area (Å²) in [4.78, 5) is 17.4. The van der Waals surface area contributed by atoms with Crippen LogP contribution >= 0.6 is 0 Å². The summed E-state index contributed by atoms with van der Waals surface area (Å²) in [6.07, 6.45) is 2.69. The quantitative estimate of drug-likeness (QED) is 0.813. The molecular formula is C22H26N2O3. The average molecular weight is 366 g/mol. The lowest BCUT2D eigenvalue weighted by molar-refractivity contribution is 0.0431. The molecule has 0 spiro atoms. The summed E-state index contributed by atoms with van der Waals surface area (Å²) < 4.78 is 11.7. The van der Waals surface area contributed by atoms with Crippen molar-refractivity contribution in [2.24, 2.45) is 0 Å². The molecule has 5 heteroatoms. The molecule has 2 aliphatic rings. The van der Waals surface area contributed by atoms with Crippen LogP contribution < -0.4 is 4.74 Å². The maximum Gasteiger partial charge on any atom is 0.257 e. The van der Waals surface area contributed by atoms with E-state index in [4.69, 9.17) is 9.47 Å². The first-order valence-electron chi connectivity index (χ1n) is 9.75. The fraction of sp³-hybridized carbons (Fsp3) is 0.409. The second-order valence-electron chi connectivity index (χ2n) is 7.14. The van der Waals surface area contributed by atoms with Crippen LogP contribution in [0.25, 0.3) is 0 Å². The second kappa shape index (κ2) is 8.55. The smallest absolute Gasteiger partial charge is 0.257 e. The zero-order valence-electron chi connectivity index (χ0n) is 15.5. The third kappa shape index (κ3) is 4.49. The Hall–Kier alpha value is -2.37. The van der Waals surface area contributed by atoms with Crippen LogP contribution in [0.15, 0.2) is 54.6 Å². The molecule has 0 bridgehead atoms. The number of rotatable bonds is 5. The van der Waals surface area contributed by atoms with Crippen LogP contribution in [0, 0.1) is 0 Å². The first-order chi connectivity index (χ1) is 13.3. The fourth-order valence-electron chi connectivity index (χ4n) is 3.73. The van der Waals surface area contributed by atoms with Crippen molar-refractivity contribution < 1.29 is 14.3 Å². The van der Waals surface area contributed by atoms with E-state index in [9.17, 15) is 4.79 Å². The molecule has 2 aliphatic heterocycles. The predicted molar refractivity (Wildman–Crippen MR) is 104 cm³/mol. The number of piperazine rings is 1. The van der Waals surface area contributed by atoms with E-state index in [1.165, 1.54) is 6.42 Å². The minimum Gasteiger partial charge on any atom is -0.457 e. The van der Waals surface area contributed by atoms with Gasteiger partial charge in [-0.25, -0.2) is 0 Å². The molecule has 2 saturated heterocycles.